The molecular weight excluding hydrogens is 276 g/mol. The average molecular weight is 304 g/mol. The van der Waals surface area contributed by atoms with Gasteiger partial charge in [0, 0.05) is 30.7 Å². The molecular formula is C17H28N4O. The minimum absolute atomic E-state index is 0.218. The fourth-order valence-corrected chi connectivity index (χ4v) is 4.15. The van der Waals surface area contributed by atoms with Crippen LogP contribution in [-0.4, -0.2) is 46.8 Å². The first-order valence-corrected chi connectivity index (χ1v) is 8.56. The van der Waals surface area contributed by atoms with Gasteiger partial charge in [0.15, 0.2) is 0 Å². The van der Waals surface area contributed by atoms with Gasteiger partial charge in [0.1, 0.15) is 6.54 Å². The van der Waals surface area contributed by atoms with Gasteiger partial charge in [-0.25, -0.2) is 0 Å². The first-order valence-electron chi connectivity index (χ1n) is 8.56. The minimum atomic E-state index is 0.218. The second-order valence-corrected chi connectivity index (χ2v) is 7.01. The molecule has 0 bridgehead atoms. The molecule has 2 saturated heterocycles. The molecule has 1 N–H and O–H groups in total. The number of carbonyl (C=O) groups is 1. The molecule has 0 aliphatic carbocycles. The number of aryl methyl sites for hydroxylation is 1. The molecule has 0 aromatic carbocycles. The maximum atomic E-state index is 12.6. The molecule has 1 aromatic rings. The van der Waals surface area contributed by atoms with Crippen molar-refractivity contribution in [1.29, 1.82) is 0 Å². The van der Waals surface area contributed by atoms with Gasteiger partial charge in [0.2, 0.25) is 5.91 Å². The van der Waals surface area contributed by atoms with E-state index in [4.69, 9.17) is 0 Å². The van der Waals surface area contributed by atoms with Crippen LogP contribution in [0, 0.1) is 19.3 Å². The number of likely N-dealkylation sites (tertiary alicyclic amines) is 1. The molecule has 1 spiro atoms. The third-order valence-electron chi connectivity index (χ3n) is 5.52. The Balaban J connectivity index is 1.66. The van der Waals surface area contributed by atoms with Crippen LogP contribution < -0.4 is 5.32 Å². The van der Waals surface area contributed by atoms with Crippen LogP contribution in [0.5, 0.6) is 0 Å². The van der Waals surface area contributed by atoms with Gasteiger partial charge in [-0.1, -0.05) is 6.92 Å². The summed E-state index contributed by atoms with van der Waals surface area (Å²) in [6, 6.07) is 0. The van der Waals surface area contributed by atoms with Gasteiger partial charge in [-0.3, -0.25) is 9.48 Å². The summed E-state index contributed by atoms with van der Waals surface area (Å²) in [5, 5.41) is 8.05. The second-order valence-electron chi connectivity index (χ2n) is 7.01. The van der Waals surface area contributed by atoms with E-state index >= 15 is 0 Å². The van der Waals surface area contributed by atoms with Gasteiger partial charge in [0.25, 0.3) is 0 Å². The predicted molar refractivity (Wildman–Crippen MR) is 86.8 cm³/mol. The van der Waals surface area contributed by atoms with Crippen LogP contribution in [0.2, 0.25) is 0 Å². The van der Waals surface area contributed by atoms with Gasteiger partial charge in [0.05, 0.1) is 5.69 Å². The Hall–Kier alpha value is -1.36. The molecule has 2 aliphatic rings. The molecule has 0 saturated carbocycles. The maximum Gasteiger partial charge on any atom is 0.244 e. The summed E-state index contributed by atoms with van der Waals surface area (Å²) in [6.07, 6.45) is 4.61. The van der Waals surface area contributed by atoms with Crippen LogP contribution in [0.15, 0.2) is 0 Å². The van der Waals surface area contributed by atoms with Crippen molar-refractivity contribution in [3.63, 3.8) is 0 Å². The average Bonchev–Trinajstić information content (AvgIpc) is 3.02. The molecule has 5 nitrogen and oxygen atoms in total. The summed E-state index contributed by atoms with van der Waals surface area (Å²) >= 11 is 0. The Morgan fingerprint density at radius 1 is 1.36 bits per heavy atom. The van der Waals surface area contributed by atoms with Gasteiger partial charge in [-0.2, -0.15) is 5.10 Å². The Bertz CT molecular complexity index is 557. The SMILES string of the molecule is CCc1c(C)nn(CC(=O)N2CC[C@@]3(CCCNC3)C2)c1C. The molecule has 2 aliphatic heterocycles. The van der Waals surface area contributed by atoms with Crippen molar-refractivity contribution in [1.82, 2.24) is 20.0 Å². The monoisotopic (exact) mass is 304 g/mol. The van der Waals surface area contributed by atoms with Crippen LogP contribution in [0.1, 0.15) is 43.1 Å². The lowest BCUT2D eigenvalue weighted by atomic mass is 9.80. The number of nitrogens with zero attached hydrogens (tertiary/aromatic N) is 3. The van der Waals surface area contributed by atoms with E-state index in [1.54, 1.807) is 0 Å². The van der Waals surface area contributed by atoms with Crippen molar-refractivity contribution in [3.05, 3.63) is 17.0 Å². The van der Waals surface area contributed by atoms with Gasteiger partial charge in [-0.05, 0) is 51.6 Å². The Labute approximate surface area is 133 Å². The Morgan fingerprint density at radius 2 is 2.18 bits per heavy atom. The number of aromatic nitrogens is 2. The smallest absolute Gasteiger partial charge is 0.244 e. The van der Waals surface area contributed by atoms with Gasteiger partial charge >= 0.3 is 0 Å². The zero-order valence-corrected chi connectivity index (χ0v) is 14.1. The minimum Gasteiger partial charge on any atom is -0.340 e. The van der Waals surface area contributed by atoms with E-state index in [-0.39, 0.29) is 5.91 Å². The highest BCUT2D eigenvalue weighted by molar-refractivity contribution is 5.76. The standard InChI is InChI=1S/C17H28N4O/c1-4-15-13(2)19-21(14(15)3)10-16(22)20-9-7-17(12-20)6-5-8-18-11-17/h18H,4-12H2,1-3H3/t17-/m1/s1. The highest BCUT2D eigenvalue weighted by Gasteiger charge is 2.40. The fourth-order valence-electron chi connectivity index (χ4n) is 4.15. The van der Waals surface area contributed by atoms with E-state index in [0.29, 0.717) is 12.0 Å². The van der Waals surface area contributed by atoms with Crippen molar-refractivity contribution in [2.45, 2.75) is 53.0 Å². The quantitative estimate of drug-likeness (QED) is 0.924. The summed E-state index contributed by atoms with van der Waals surface area (Å²) in [7, 11) is 0. The summed E-state index contributed by atoms with van der Waals surface area (Å²) < 4.78 is 1.89. The van der Waals surface area contributed by atoms with Crippen molar-refractivity contribution in [2.75, 3.05) is 26.2 Å². The molecule has 0 radical (unpaired) electrons. The van der Waals surface area contributed by atoms with E-state index in [2.05, 4.69) is 29.2 Å². The van der Waals surface area contributed by atoms with Crippen LogP contribution in [0.4, 0.5) is 0 Å². The summed E-state index contributed by atoms with van der Waals surface area (Å²) in [4.78, 5) is 14.7. The second kappa shape index (κ2) is 6.03. The van der Waals surface area contributed by atoms with Crippen molar-refractivity contribution >= 4 is 5.91 Å². The fraction of sp³-hybridized carbons (Fsp3) is 0.765. The lowest BCUT2D eigenvalue weighted by Crippen LogP contribution is -2.43. The van der Waals surface area contributed by atoms with Crippen molar-refractivity contribution < 1.29 is 4.79 Å². The molecule has 1 atom stereocenters. The lowest BCUT2D eigenvalue weighted by molar-refractivity contribution is -0.131. The largest absolute Gasteiger partial charge is 0.340 e. The van der Waals surface area contributed by atoms with Crippen LogP contribution in [0.25, 0.3) is 0 Å². The first-order chi connectivity index (χ1) is 10.5. The number of rotatable bonds is 3. The van der Waals surface area contributed by atoms with Crippen molar-refractivity contribution in [2.24, 2.45) is 5.41 Å². The molecule has 5 heteroatoms. The topological polar surface area (TPSA) is 50.2 Å². The van der Waals surface area contributed by atoms with Crippen LogP contribution in [-0.2, 0) is 17.8 Å². The molecule has 3 rings (SSSR count). The normalized spacial score (nSPS) is 25.1. The van der Waals surface area contributed by atoms with E-state index in [0.717, 1.165) is 50.4 Å². The Morgan fingerprint density at radius 3 is 2.82 bits per heavy atom. The summed E-state index contributed by atoms with van der Waals surface area (Å²) in [5.74, 6) is 0.218. The Kier molecular flexibility index (Phi) is 4.26. The molecule has 1 amide bonds. The van der Waals surface area contributed by atoms with Crippen LogP contribution >= 0.6 is 0 Å². The number of piperidine rings is 1. The maximum absolute atomic E-state index is 12.6. The van der Waals surface area contributed by atoms with E-state index in [9.17, 15) is 4.79 Å². The van der Waals surface area contributed by atoms with E-state index < -0.39 is 0 Å². The summed E-state index contributed by atoms with van der Waals surface area (Å²) in [5.41, 5.74) is 3.81. The third-order valence-corrected chi connectivity index (χ3v) is 5.52. The van der Waals surface area contributed by atoms with Gasteiger partial charge in [-0.15, -0.1) is 0 Å². The number of amides is 1. The van der Waals surface area contributed by atoms with E-state index in [1.807, 2.05) is 11.6 Å². The highest BCUT2D eigenvalue weighted by Crippen LogP contribution is 2.36. The molecule has 122 valence electrons. The highest BCUT2D eigenvalue weighted by atomic mass is 16.2. The molecule has 22 heavy (non-hydrogen) atoms. The molecule has 0 unspecified atom stereocenters. The number of nitrogens with one attached hydrogen (secondary N) is 1. The zero-order chi connectivity index (χ0) is 15.7. The molecule has 2 fully saturated rings. The number of hydrogen-bond acceptors (Lipinski definition) is 3. The van der Waals surface area contributed by atoms with E-state index in [1.165, 1.54) is 18.4 Å². The van der Waals surface area contributed by atoms with Gasteiger partial charge < -0.3 is 10.2 Å². The lowest BCUT2D eigenvalue weighted by Gasteiger charge is -2.33. The molecule has 1 aromatic heterocycles. The predicted octanol–water partition coefficient (Wildman–Crippen LogP) is 1.66. The van der Waals surface area contributed by atoms with Crippen molar-refractivity contribution in [3.8, 4) is 0 Å². The third kappa shape index (κ3) is 2.78. The summed E-state index contributed by atoms with van der Waals surface area (Å²) in [6.45, 7) is 10.6. The first kappa shape index (κ1) is 15.5. The zero-order valence-electron chi connectivity index (χ0n) is 14.1. The number of hydrogen-bond donors (Lipinski definition) is 1. The van der Waals surface area contributed by atoms with Crippen LogP contribution in [0.3, 0.4) is 0 Å². The molecule has 3 heterocycles. The number of carbonyl (C=O) groups excluding carboxylic acids is 1.